The fourth-order valence-electron chi connectivity index (χ4n) is 6.02. The lowest BCUT2D eigenvalue weighted by Crippen LogP contribution is -2.60. The Morgan fingerprint density at radius 3 is 2.24 bits per heavy atom. The minimum Gasteiger partial charge on any atom is -0.465 e. The van der Waals surface area contributed by atoms with Gasteiger partial charge in [0, 0.05) is 22.2 Å². The number of oxime groups is 1. The highest BCUT2D eigenvalue weighted by atomic mass is 16.6. The molecular formula is C31H35N3O3. The van der Waals surface area contributed by atoms with E-state index in [0.717, 1.165) is 83.4 Å². The standard InChI is InChI=1S/C31H35N3O3/c1-30(2,3)34(29(35)36)31(18-9-19-31)23-16-14-22(15-17-23)28-24(21-10-6-5-7-11-21)20-25-26(32-28)12-8-13-27(25)33-37-4/h5-7,10-11,14-17,20H,8-9,12-13,18-19H2,1-4H3,(H,35,36)/b33-27+. The molecule has 0 aliphatic heterocycles. The summed E-state index contributed by atoms with van der Waals surface area (Å²) in [5.74, 6) is 0. The molecule has 0 saturated heterocycles. The van der Waals surface area contributed by atoms with Crippen molar-refractivity contribution in [3.8, 4) is 22.4 Å². The van der Waals surface area contributed by atoms with Crippen molar-refractivity contribution in [2.75, 3.05) is 7.11 Å². The third kappa shape index (κ3) is 4.50. The molecule has 1 aromatic heterocycles. The Morgan fingerprint density at radius 1 is 0.973 bits per heavy atom. The molecule has 0 spiro atoms. The summed E-state index contributed by atoms with van der Waals surface area (Å²) >= 11 is 0. The molecule has 2 aliphatic carbocycles. The molecule has 6 heteroatoms. The van der Waals surface area contributed by atoms with Crippen molar-refractivity contribution in [1.29, 1.82) is 0 Å². The smallest absolute Gasteiger partial charge is 0.408 e. The molecule has 1 saturated carbocycles. The van der Waals surface area contributed by atoms with Crippen LogP contribution in [0.4, 0.5) is 4.79 Å². The summed E-state index contributed by atoms with van der Waals surface area (Å²) in [6.45, 7) is 5.92. The molecule has 5 rings (SSSR count). The van der Waals surface area contributed by atoms with Crippen molar-refractivity contribution < 1.29 is 14.7 Å². The Bertz CT molecular complexity index is 1320. The summed E-state index contributed by atoms with van der Waals surface area (Å²) < 4.78 is 0. The van der Waals surface area contributed by atoms with Crippen LogP contribution in [0.25, 0.3) is 22.4 Å². The van der Waals surface area contributed by atoms with Crippen molar-refractivity contribution in [2.24, 2.45) is 5.16 Å². The molecule has 2 aromatic carbocycles. The monoisotopic (exact) mass is 497 g/mol. The summed E-state index contributed by atoms with van der Waals surface area (Å²) in [6.07, 6.45) is 4.60. The van der Waals surface area contributed by atoms with Crippen molar-refractivity contribution >= 4 is 11.8 Å². The lowest BCUT2D eigenvalue weighted by atomic mass is 9.69. The summed E-state index contributed by atoms with van der Waals surface area (Å²) in [5.41, 5.74) is 7.22. The highest BCUT2D eigenvalue weighted by Crippen LogP contribution is 2.50. The molecule has 1 amide bonds. The molecule has 0 unspecified atom stereocenters. The maximum atomic E-state index is 12.4. The SMILES string of the molecule is CO/N=C1\CCCc2nc(-c3ccc(C4(N(C(=O)O)C(C)(C)C)CCC4)cc3)c(-c3ccccc3)cc21. The summed E-state index contributed by atoms with van der Waals surface area (Å²) in [4.78, 5) is 24.3. The van der Waals surface area contributed by atoms with E-state index in [1.807, 2.05) is 39.0 Å². The first-order valence-corrected chi connectivity index (χ1v) is 13.1. The average molecular weight is 498 g/mol. The van der Waals surface area contributed by atoms with Gasteiger partial charge in [0.1, 0.15) is 7.11 Å². The van der Waals surface area contributed by atoms with E-state index in [-0.39, 0.29) is 0 Å². The van der Waals surface area contributed by atoms with Crippen LogP contribution in [0.2, 0.25) is 0 Å². The fourth-order valence-corrected chi connectivity index (χ4v) is 6.02. The number of carboxylic acid groups (broad SMARTS) is 1. The molecule has 37 heavy (non-hydrogen) atoms. The quantitative estimate of drug-likeness (QED) is 0.376. The molecule has 2 aliphatic rings. The number of fused-ring (bicyclic) bond motifs is 1. The number of amides is 1. The third-order valence-electron chi connectivity index (χ3n) is 7.69. The second-order valence-corrected chi connectivity index (χ2v) is 11.1. The van der Waals surface area contributed by atoms with Gasteiger partial charge in [-0.05, 0) is 76.5 Å². The number of aromatic nitrogens is 1. The lowest BCUT2D eigenvalue weighted by molar-refractivity contribution is -0.0328. The molecule has 1 heterocycles. The van der Waals surface area contributed by atoms with Crippen LogP contribution in [0.5, 0.6) is 0 Å². The van der Waals surface area contributed by atoms with Gasteiger partial charge >= 0.3 is 6.09 Å². The molecular weight excluding hydrogens is 462 g/mol. The number of rotatable bonds is 5. The Labute approximate surface area is 219 Å². The molecule has 1 N–H and O–H groups in total. The van der Waals surface area contributed by atoms with Gasteiger partial charge in [-0.2, -0.15) is 0 Å². The van der Waals surface area contributed by atoms with Crippen LogP contribution in [0.3, 0.4) is 0 Å². The van der Waals surface area contributed by atoms with E-state index < -0.39 is 17.2 Å². The first kappa shape index (κ1) is 25.0. The maximum Gasteiger partial charge on any atom is 0.408 e. The zero-order valence-electron chi connectivity index (χ0n) is 22.1. The van der Waals surface area contributed by atoms with Crippen LogP contribution in [0, 0.1) is 0 Å². The van der Waals surface area contributed by atoms with Gasteiger partial charge in [0.15, 0.2) is 0 Å². The molecule has 192 valence electrons. The largest absolute Gasteiger partial charge is 0.465 e. The van der Waals surface area contributed by atoms with E-state index in [4.69, 9.17) is 9.82 Å². The maximum absolute atomic E-state index is 12.4. The molecule has 1 fully saturated rings. The second-order valence-electron chi connectivity index (χ2n) is 11.1. The van der Waals surface area contributed by atoms with Gasteiger partial charge < -0.3 is 9.94 Å². The second kappa shape index (κ2) is 9.66. The number of aryl methyl sites for hydroxylation is 1. The number of hydrogen-bond donors (Lipinski definition) is 1. The van der Waals surface area contributed by atoms with Gasteiger partial charge in [-0.3, -0.25) is 9.88 Å². The van der Waals surface area contributed by atoms with Crippen molar-refractivity contribution in [3.63, 3.8) is 0 Å². The van der Waals surface area contributed by atoms with Crippen LogP contribution in [0.15, 0.2) is 65.8 Å². The Morgan fingerprint density at radius 2 is 1.68 bits per heavy atom. The van der Waals surface area contributed by atoms with Crippen molar-refractivity contribution in [2.45, 2.75) is 70.4 Å². The summed E-state index contributed by atoms with van der Waals surface area (Å²) in [6, 6.07) is 20.9. The van der Waals surface area contributed by atoms with Crippen molar-refractivity contribution in [1.82, 2.24) is 9.88 Å². The van der Waals surface area contributed by atoms with Crippen LogP contribution < -0.4 is 0 Å². The Balaban J connectivity index is 1.61. The molecule has 0 bridgehead atoms. The van der Waals surface area contributed by atoms with Gasteiger partial charge in [0.05, 0.1) is 22.6 Å². The number of pyridine rings is 1. The van der Waals surface area contributed by atoms with E-state index in [1.54, 1.807) is 12.0 Å². The lowest BCUT2D eigenvalue weighted by Gasteiger charge is -2.54. The van der Waals surface area contributed by atoms with Crippen LogP contribution in [0.1, 0.15) is 69.7 Å². The predicted molar refractivity (Wildman–Crippen MR) is 147 cm³/mol. The summed E-state index contributed by atoms with van der Waals surface area (Å²) in [5, 5.41) is 14.4. The predicted octanol–water partition coefficient (Wildman–Crippen LogP) is 7.26. The molecule has 6 nitrogen and oxygen atoms in total. The normalized spacial score (nSPS) is 17.6. The third-order valence-corrected chi connectivity index (χ3v) is 7.69. The molecule has 0 atom stereocenters. The highest BCUT2D eigenvalue weighted by molar-refractivity contribution is 6.03. The van der Waals surface area contributed by atoms with Crippen LogP contribution in [-0.2, 0) is 16.8 Å². The van der Waals surface area contributed by atoms with E-state index in [2.05, 4.69) is 47.6 Å². The number of hydrogen-bond acceptors (Lipinski definition) is 4. The van der Waals surface area contributed by atoms with Gasteiger partial charge in [0.2, 0.25) is 0 Å². The van der Waals surface area contributed by atoms with E-state index in [1.165, 1.54) is 0 Å². The average Bonchev–Trinajstić information content (AvgIpc) is 2.85. The Kier molecular flexibility index (Phi) is 6.52. The fraction of sp³-hybridized carbons (Fsp3) is 0.387. The van der Waals surface area contributed by atoms with Crippen molar-refractivity contribution in [3.05, 3.63) is 77.5 Å². The van der Waals surface area contributed by atoms with E-state index in [9.17, 15) is 9.90 Å². The summed E-state index contributed by atoms with van der Waals surface area (Å²) in [7, 11) is 1.59. The number of carbonyl (C=O) groups is 1. The first-order valence-electron chi connectivity index (χ1n) is 13.1. The van der Waals surface area contributed by atoms with Gasteiger partial charge in [-0.1, -0.05) is 59.8 Å². The Hall–Kier alpha value is -3.67. The molecule has 3 aromatic rings. The van der Waals surface area contributed by atoms with E-state index >= 15 is 0 Å². The highest BCUT2D eigenvalue weighted by Gasteiger charge is 2.50. The first-order chi connectivity index (χ1) is 17.7. The van der Waals surface area contributed by atoms with Gasteiger partial charge in [0.25, 0.3) is 0 Å². The zero-order valence-corrected chi connectivity index (χ0v) is 22.1. The van der Waals surface area contributed by atoms with Gasteiger partial charge in [-0.25, -0.2) is 4.79 Å². The topological polar surface area (TPSA) is 75.0 Å². The van der Waals surface area contributed by atoms with Crippen LogP contribution in [-0.4, -0.2) is 39.4 Å². The van der Waals surface area contributed by atoms with Crippen LogP contribution >= 0.6 is 0 Å². The van der Waals surface area contributed by atoms with E-state index in [0.29, 0.717) is 0 Å². The minimum atomic E-state index is -0.868. The zero-order chi connectivity index (χ0) is 26.2. The minimum absolute atomic E-state index is 0.486. The molecule has 0 radical (unpaired) electrons. The number of nitrogens with zero attached hydrogens (tertiary/aromatic N) is 3. The van der Waals surface area contributed by atoms with Gasteiger partial charge in [-0.15, -0.1) is 0 Å². The number of benzene rings is 2.